The summed E-state index contributed by atoms with van der Waals surface area (Å²) in [6, 6.07) is 16.5. The Balaban J connectivity index is 1.43. The standard InChI is InChI=1S/C22H21N3O3S/c1-25(11-12-28-17-9-7-16(26)8-10-17)13-19-23-21(27)20-18(14-29-22(20)24-19)15-5-3-2-4-6-15/h2-10,14,26H,11-13H2,1H3,(H,23,24,27). The van der Waals surface area contributed by atoms with Gasteiger partial charge in [-0.15, -0.1) is 11.3 Å². The van der Waals surface area contributed by atoms with Crippen molar-refractivity contribution < 1.29 is 9.84 Å². The molecule has 2 N–H and O–H groups in total. The predicted octanol–water partition coefficient (Wildman–Crippen LogP) is 3.87. The van der Waals surface area contributed by atoms with Gasteiger partial charge in [-0.3, -0.25) is 9.69 Å². The van der Waals surface area contributed by atoms with Crippen LogP contribution in [0.4, 0.5) is 0 Å². The van der Waals surface area contributed by atoms with Gasteiger partial charge in [0.15, 0.2) is 0 Å². The Labute approximate surface area is 172 Å². The highest BCUT2D eigenvalue weighted by Crippen LogP contribution is 2.30. The minimum absolute atomic E-state index is 0.112. The summed E-state index contributed by atoms with van der Waals surface area (Å²) in [5, 5.41) is 11.9. The summed E-state index contributed by atoms with van der Waals surface area (Å²) in [7, 11) is 1.95. The maximum Gasteiger partial charge on any atom is 0.260 e. The molecule has 0 unspecified atom stereocenters. The van der Waals surface area contributed by atoms with Gasteiger partial charge in [-0.25, -0.2) is 4.98 Å². The van der Waals surface area contributed by atoms with Crippen LogP contribution in [0.3, 0.4) is 0 Å². The number of phenols is 1. The summed E-state index contributed by atoms with van der Waals surface area (Å²) in [5.74, 6) is 1.55. The van der Waals surface area contributed by atoms with Crippen LogP contribution in [-0.2, 0) is 6.54 Å². The third-order valence-electron chi connectivity index (χ3n) is 4.58. The van der Waals surface area contributed by atoms with Crippen LogP contribution in [0.2, 0.25) is 0 Å². The van der Waals surface area contributed by atoms with E-state index in [1.807, 2.05) is 47.7 Å². The van der Waals surface area contributed by atoms with Crippen LogP contribution in [0.5, 0.6) is 11.5 Å². The molecule has 0 radical (unpaired) electrons. The van der Waals surface area contributed by atoms with Crippen molar-refractivity contribution in [2.75, 3.05) is 20.2 Å². The lowest BCUT2D eigenvalue weighted by atomic mass is 10.1. The molecule has 0 bridgehead atoms. The topological polar surface area (TPSA) is 78.5 Å². The Morgan fingerprint density at radius 2 is 1.90 bits per heavy atom. The van der Waals surface area contributed by atoms with E-state index < -0.39 is 0 Å². The number of likely N-dealkylation sites (N-methyl/N-ethyl adjacent to an activating group) is 1. The fraction of sp³-hybridized carbons (Fsp3) is 0.182. The first-order valence-electron chi connectivity index (χ1n) is 9.26. The molecular weight excluding hydrogens is 386 g/mol. The number of ether oxygens (including phenoxy) is 1. The van der Waals surface area contributed by atoms with Crippen molar-refractivity contribution >= 4 is 21.6 Å². The maximum absolute atomic E-state index is 12.7. The smallest absolute Gasteiger partial charge is 0.260 e. The number of benzene rings is 2. The van der Waals surface area contributed by atoms with Crippen molar-refractivity contribution in [2.24, 2.45) is 0 Å². The molecule has 0 aliphatic carbocycles. The molecule has 0 saturated heterocycles. The fourth-order valence-corrected chi connectivity index (χ4v) is 4.06. The summed E-state index contributed by atoms with van der Waals surface area (Å²) in [5.41, 5.74) is 1.82. The summed E-state index contributed by atoms with van der Waals surface area (Å²) < 4.78 is 5.67. The lowest BCUT2D eigenvalue weighted by molar-refractivity contribution is 0.229. The molecule has 2 heterocycles. The van der Waals surface area contributed by atoms with Gasteiger partial charge < -0.3 is 14.8 Å². The Bertz CT molecular complexity index is 1150. The van der Waals surface area contributed by atoms with Gasteiger partial charge in [-0.1, -0.05) is 30.3 Å². The molecular formula is C22H21N3O3S. The summed E-state index contributed by atoms with van der Waals surface area (Å²) in [6.07, 6.45) is 0. The van der Waals surface area contributed by atoms with Gasteiger partial charge in [0.1, 0.15) is 28.8 Å². The average Bonchev–Trinajstić information content (AvgIpc) is 3.15. The monoisotopic (exact) mass is 407 g/mol. The van der Waals surface area contributed by atoms with Crippen LogP contribution in [-0.4, -0.2) is 40.2 Å². The molecule has 148 valence electrons. The molecule has 0 amide bonds. The van der Waals surface area contributed by atoms with Crippen molar-refractivity contribution in [3.63, 3.8) is 0 Å². The number of nitrogens with one attached hydrogen (secondary N) is 1. The minimum Gasteiger partial charge on any atom is -0.508 e. The van der Waals surface area contributed by atoms with Gasteiger partial charge in [0.2, 0.25) is 0 Å². The third-order valence-corrected chi connectivity index (χ3v) is 5.45. The van der Waals surface area contributed by atoms with Gasteiger partial charge in [0.05, 0.1) is 11.9 Å². The van der Waals surface area contributed by atoms with Crippen LogP contribution in [0.25, 0.3) is 21.3 Å². The molecule has 4 aromatic rings. The number of H-pyrrole nitrogens is 1. The molecule has 0 fully saturated rings. The van der Waals surface area contributed by atoms with Gasteiger partial charge >= 0.3 is 0 Å². The second-order valence-corrected chi connectivity index (χ2v) is 7.65. The highest BCUT2D eigenvalue weighted by molar-refractivity contribution is 7.17. The molecule has 0 spiro atoms. The van der Waals surface area contributed by atoms with Crippen LogP contribution in [0, 0.1) is 0 Å². The summed E-state index contributed by atoms with van der Waals surface area (Å²) in [6.45, 7) is 1.68. The van der Waals surface area contributed by atoms with Crippen molar-refractivity contribution in [1.29, 1.82) is 0 Å². The summed E-state index contributed by atoms with van der Waals surface area (Å²) >= 11 is 1.49. The van der Waals surface area contributed by atoms with Gasteiger partial charge in [-0.2, -0.15) is 0 Å². The zero-order valence-electron chi connectivity index (χ0n) is 16.0. The molecule has 2 aromatic heterocycles. The van der Waals surface area contributed by atoms with Crippen molar-refractivity contribution in [2.45, 2.75) is 6.54 Å². The normalized spacial score (nSPS) is 11.2. The van der Waals surface area contributed by atoms with Crippen molar-refractivity contribution in [3.05, 3.63) is 76.2 Å². The van der Waals surface area contributed by atoms with E-state index in [1.54, 1.807) is 24.3 Å². The fourth-order valence-electron chi connectivity index (χ4n) is 3.09. The van der Waals surface area contributed by atoms with E-state index in [-0.39, 0.29) is 11.3 Å². The minimum atomic E-state index is -0.112. The van der Waals surface area contributed by atoms with E-state index in [0.29, 0.717) is 36.7 Å². The lowest BCUT2D eigenvalue weighted by Gasteiger charge is -2.16. The highest BCUT2D eigenvalue weighted by atomic mass is 32.1. The van der Waals surface area contributed by atoms with E-state index in [4.69, 9.17) is 4.74 Å². The predicted molar refractivity (Wildman–Crippen MR) is 116 cm³/mol. The molecule has 0 atom stereocenters. The molecule has 6 nitrogen and oxygen atoms in total. The van der Waals surface area contributed by atoms with Crippen LogP contribution in [0.1, 0.15) is 5.82 Å². The van der Waals surface area contributed by atoms with E-state index >= 15 is 0 Å². The van der Waals surface area contributed by atoms with Gasteiger partial charge in [0, 0.05) is 17.5 Å². The van der Waals surface area contributed by atoms with Crippen LogP contribution >= 0.6 is 11.3 Å². The van der Waals surface area contributed by atoms with Crippen molar-refractivity contribution in [3.8, 4) is 22.6 Å². The van der Waals surface area contributed by atoms with E-state index in [0.717, 1.165) is 16.0 Å². The lowest BCUT2D eigenvalue weighted by Crippen LogP contribution is -2.26. The second-order valence-electron chi connectivity index (χ2n) is 6.79. The number of thiophene rings is 1. The largest absolute Gasteiger partial charge is 0.508 e. The quantitative estimate of drug-likeness (QED) is 0.486. The molecule has 4 rings (SSSR count). The number of phenolic OH excluding ortho intramolecular Hbond substituents is 1. The van der Waals surface area contributed by atoms with Gasteiger partial charge in [0.25, 0.3) is 5.56 Å². The van der Waals surface area contributed by atoms with Gasteiger partial charge in [-0.05, 0) is 36.9 Å². The van der Waals surface area contributed by atoms with Crippen molar-refractivity contribution in [1.82, 2.24) is 14.9 Å². The van der Waals surface area contributed by atoms with E-state index in [2.05, 4.69) is 9.97 Å². The number of hydrogen-bond donors (Lipinski definition) is 2. The number of rotatable bonds is 7. The first-order chi connectivity index (χ1) is 14.1. The summed E-state index contributed by atoms with van der Waals surface area (Å²) in [4.78, 5) is 23.1. The molecule has 0 aliphatic heterocycles. The molecule has 29 heavy (non-hydrogen) atoms. The molecule has 0 saturated carbocycles. The number of aromatic nitrogens is 2. The zero-order valence-corrected chi connectivity index (χ0v) is 16.8. The molecule has 7 heteroatoms. The molecule has 0 aliphatic rings. The average molecular weight is 407 g/mol. The first-order valence-corrected chi connectivity index (χ1v) is 10.1. The van der Waals surface area contributed by atoms with E-state index in [1.165, 1.54) is 11.3 Å². The molecule has 2 aromatic carbocycles. The number of aromatic hydroxyl groups is 1. The Morgan fingerprint density at radius 3 is 2.66 bits per heavy atom. The van der Waals surface area contributed by atoms with E-state index in [9.17, 15) is 9.90 Å². The number of nitrogens with zero attached hydrogens (tertiary/aromatic N) is 2. The van der Waals surface area contributed by atoms with Crippen LogP contribution < -0.4 is 10.3 Å². The zero-order chi connectivity index (χ0) is 20.2. The Morgan fingerprint density at radius 1 is 1.14 bits per heavy atom. The Hall–Kier alpha value is -3.16. The third kappa shape index (κ3) is 4.47. The first kappa shape index (κ1) is 19.2. The SMILES string of the molecule is CN(CCOc1ccc(O)cc1)Cc1nc2scc(-c3ccccc3)c2c(=O)[nH]1. The number of fused-ring (bicyclic) bond motifs is 1. The maximum atomic E-state index is 12.7. The van der Waals surface area contributed by atoms with Crippen LogP contribution in [0.15, 0.2) is 64.8 Å². The highest BCUT2D eigenvalue weighted by Gasteiger charge is 2.13. The number of hydrogen-bond acceptors (Lipinski definition) is 6. The Kier molecular flexibility index (Phi) is 5.59. The number of aromatic amines is 1. The second kappa shape index (κ2) is 8.46.